The van der Waals surface area contributed by atoms with Gasteiger partial charge in [0.1, 0.15) is 5.69 Å². The predicted molar refractivity (Wildman–Crippen MR) is 75.8 cm³/mol. The minimum absolute atomic E-state index is 0.279. The number of anilines is 2. The van der Waals surface area contributed by atoms with Gasteiger partial charge in [0.25, 0.3) is 5.91 Å². The van der Waals surface area contributed by atoms with E-state index in [9.17, 15) is 4.79 Å². The van der Waals surface area contributed by atoms with Gasteiger partial charge in [0, 0.05) is 10.7 Å². The van der Waals surface area contributed by atoms with Crippen molar-refractivity contribution in [1.29, 1.82) is 0 Å². The first kappa shape index (κ1) is 12.9. The number of halogens is 2. The van der Waals surface area contributed by atoms with Crippen molar-refractivity contribution in [1.82, 2.24) is 4.98 Å². The Morgan fingerprint density at radius 3 is 2.72 bits per heavy atom. The van der Waals surface area contributed by atoms with Gasteiger partial charge in [-0.05, 0) is 30.3 Å². The standard InChI is InChI=1S/C12H9BrClN3O/c13-7-1-3-10(9(15)5-7)17-12(18)11-4-2-8(14)6-16-11/h1-6H,15H2,(H,17,18). The van der Waals surface area contributed by atoms with Gasteiger partial charge in [-0.25, -0.2) is 4.98 Å². The van der Waals surface area contributed by atoms with Gasteiger partial charge in [0.2, 0.25) is 0 Å². The number of amides is 1. The van der Waals surface area contributed by atoms with Gasteiger partial charge in [0.15, 0.2) is 0 Å². The van der Waals surface area contributed by atoms with Gasteiger partial charge in [-0.2, -0.15) is 0 Å². The maximum atomic E-state index is 11.9. The fourth-order valence-corrected chi connectivity index (χ4v) is 1.83. The number of nitrogens with two attached hydrogens (primary N) is 1. The Kier molecular flexibility index (Phi) is 3.84. The molecule has 0 spiro atoms. The van der Waals surface area contributed by atoms with Gasteiger partial charge in [-0.3, -0.25) is 4.79 Å². The van der Waals surface area contributed by atoms with Crippen LogP contribution >= 0.6 is 27.5 Å². The Labute approximate surface area is 117 Å². The number of nitrogen functional groups attached to an aromatic ring is 1. The molecule has 18 heavy (non-hydrogen) atoms. The van der Waals surface area contributed by atoms with E-state index in [2.05, 4.69) is 26.2 Å². The van der Waals surface area contributed by atoms with Crippen LogP contribution in [0.3, 0.4) is 0 Å². The summed E-state index contributed by atoms with van der Waals surface area (Å²) in [5.74, 6) is -0.333. The maximum absolute atomic E-state index is 11.9. The zero-order valence-electron chi connectivity index (χ0n) is 9.15. The minimum Gasteiger partial charge on any atom is -0.397 e. The van der Waals surface area contributed by atoms with Crippen molar-refractivity contribution in [2.24, 2.45) is 0 Å². The number of hydrogen-bond acceptors (Lipinski definition) is 3. The molecule has 2 rings (SSSR count). The summed E-state index contributed by atoms with van der Waals surface area (Å²) in [6, 6.07) is 8.38. The van der Waals surface area contributed by atoms with E-state index in [4.69, 9.17) is 17.3 Å². The van der Waals surface area contributed by atoms with Crippen LogP contribution < -0.4 is 11.1 Å². The molecule has 0 radical (unpaired) electrons. The van der Waals surface area contributed by atoms with Crippen molar-refractivity contribution >= 4 is 44.8 Å². The highest BCUT2D eigenvalue weighted by atomic mass is 79.9. The number of pyridine rings is 1. The SMILES string of the molecule is Nc1cc(Br)ccc1NC(=O)c1ccc(Cl)cn1. The zero-order chi connectivity index (χ0) is 13.1. The largest absolute Gasteiger partial charge is 0.397 e. The average Bonchev–Trinajstić information content (AvgIpc) is 2.33. The molecule has 6 heteroatoms. The quantitative estimate of drug-likeness (QED) is 0.832. The summed E-state index contributed by atoms with van der Waals surface area (Å²) in [6.07, 6.45) is 1.42. The molecule has 3 N–H and O–H groups in total. The third-order valence-electron chi connectivity index (χ3n) is 2.22. The fraction of sp³-hybridized carbons (Fsp3) is 0. The smallest absolute Gasteiger partial charge is 0.274 e. The Morgan fingerprint density at radius 2 is 2.11 bits per heavy atom. The van der Waals surface area contributed by atoms with Crippen LogP contribution in [0.2, 0.25) is 5.02 Å². The van der Waals surface area contributed by atoms with Crippen LogP contribution in [0.4, 0.5) is 11.4 Å². The van der Waals surface area contributed by atoms with E-state index in [0.29, 0.717) is 16.4 Å². The van der Waals surface area contributed by atoms with Crippen molar-refractivity contribution < 1.29 is 4.79 Å². The molecule has 1 aromatic heterocycles. The summed E-state index contributed by atoms with van der Waals surface area (Å²) in [7, 11) is 0. The Morgan fingerprint density at radius 1 is 1.33 bits per heavy atom. The number of carbonyl (C=O) groups excluding carboxylic acids is 1. The molecule has 1 aromatic carbocycles. The first-order chi connectivity index (χ1) is 8.56. The first-order valence-electron chi connectivity index (χ1n) is 5.04. The van der Waals surface area contributed by atoms with Gasteiger partial charge < -0.3 is 11.1 Å². The van der Waals surface area contributed by atoms with E-state index in [1.54, 1.807) is 30.3 Å². The van der Waals surface area contributed by atoms with Crippen molar-refractivity contribution in [3.8, 4) is 0 Å². The lowest BCUT2D eigenvalue weighted by molar-refractivity contribution is 0.102. The molecule has 0 aliphatic rings. The molecule has 1 amide bonds. The molecule has 0 saturated carbocycles. The second kappa shape index (κ2) is 5.37. The van der Waals surface area contributed by atoms with Gasteiger partial charge in [-0.1, -0.05) is 27.5 Å². The normalized spacial score (nSPS) is 10.1. The molecule has 2 aromatic rings. The average molecular weight is 327 g/mol. The van der Waals surface area contributed by atoms with Crippen LogP contribution in [0.5, 0.6) is 0 Å². The number of benzene rings is 1. The third kappa shape index (κ3) is 3.00. The maximum Gasteiger partial charge on any atom is 0.274 e. The Bertz CT molecular complexity index is 586. The highest BCUT2D eigenvalue weighted by molar-refractivity contribution is 9.10. The molecule has 0 aliphatic heterocycles. The molecule has 0 bridgehead atoms. The highest BCUT2D eigenvalue weighted by Gasteiger charge is 2.09. The first-order valence-corrected chi connectivity index (χ1v) is 6.21. The van der Waals surface area contributed by atoms with Crippen LogP contribution in [0.25, 0.3) is 0 Å². The topological polar surface area (TPSA) is 68.0 Å². The molecule has 4 nitrogen and oxygen atoms in total. The molecule has 92 valence electrons. The summed E-state index contributed by atoms with van der Waals surface area (Å²) in [6.45, 7) is 0. The summed E-state index contributed by atoms with van der Waals surface area (Å²) in [5, 5.41) is 3.16. The second-order valence-electron chi connectivity index (χ2n) is 3.55. The Hall–Kier alpha value is -1.59. The number of nitrogens with zero attached hydrogens (tertiary/aromatic N) is 1. The molecule has 0 aliphatic carbocycles. The van der Waals surface area contributed by atoms with Gasteiger partial charge in [0.05, 0.1) is 16.4 Å². The predicted octanol–water partition coefficient (Wildman–Crippen LogP) is 3.33. The summed E-state index contributed by atoms with van der Waals surface area (Å²) >= 11 is 9.00. The number of carbonyl (C=O) groups is 1. The van der Waals surface area contributed by atoms with Crippen molar-refractivity contribution in [3.05, 3.63) is 51.7 Å². The Balaban J connectivity index is 2.18. The number of hydrogen-bond donors (Lipinski definition) is 2. The number of nitrogens with one attached hydrogen (secondary N) is 1. The molecule has 1 heterocycles. The van der Waals surface area contributed by atoms with Crippen molar-refractivity contribution in [2.45, 2.75) is 0 Å². The molecule has 0 atom stereocenters. The lowest BCUT2D eigenvalue weighted by Crippen LogP contribution is -2.14. The van der Waals surface area contributed by atoms with Crippen LogP contribution in [0.15, 0.2) is 41.0 Å². The van der Waals surface area contributed by atoms with Crippen molar-refractivity contribution in [3.63, 3.8) is 0 Å². The van der Waals surface area contributed by atoms with E-state index in [1.807, 2.05) is 0 Å². The lowest BCUT2D eigenvalue weighted by Gasteiger charge is -2.08. The van der Waals surface area contributed by atoms with Crippen molar-refractivity contribution in [2.75, 3.05) is 11.1 Å². The number of rotatable bonds is 2. The van der Waals surface area contributed by atoms with Gasteiger partial charge >= 0.3 is 0 Å². The lowest BCUT2D eigenvalue weighted by atomic mass is 10.2. The van der Waals surface area contributed by atoms with E-state index < -0.39 is 0 Å². The summed E-state index contributed by atoms with van der Waals surface area (Å²) < 4.78 is 0.850. The molecular weight excluding hydrogens is 318 g/mol. The molecular formula is C12H9BrClN3O. The van der Waals surface area contributed by atoms with Crippen LogP contribution in [0.1, 0.15) is 10.5 Å². The number of aromatic nitrogens is 1. The highest BCUT2D eigenvalue weighted by Crippen LogP contribution is 2.23. The fourth-order valence-electron chi connectivity index (χ4n) is 1.34. The van der Waals surface area contributed by atoms with E-state index in [0.717, 1.165) is 4.47 Å². The monoisotopic (exact) mass is 325 g/mol. The van der Waals surface area contributed by atoms with E-state index >= 15 is 0 Å². The van der Waals surface area contributed by atoms with E-state index in [1.165, 1.54) is 6.20 Å². The van der Waals surface area contributed by atoms with Crippen LogP contribution in [-0.4, -0.2) is 10.9 Å². The second-order valence-corrected chi connectivity index (χ2v) is 4.90. The minimum atomic E-state index is -0.333. The van der Waals surface area contributed by atoms with Crippen LogP contribution in [0, 0.1) is 0 Å². The third-order valence-corrected chi connectivity index (χ3v) is 2.94. The molecule has 0 saturated heterocycles. The molecule has 0 fully saturated rings. The van der Waals surface area contributed by atoms with Gasteiger partial charge in [-0.15, -0.1) is 0 Å². The zero-order valence-corrected chi connectivity index (χ0v) is 11.5. The summed E-state index contributed by atoms with van der Waals surface area (Å²) in [4.78, 5) is 15.8. The van der Waals surface area contributed by atoms with Crippen LogP contribution in [-0.2, 0) is 0 Å². The molecule has 0 unspecified atom stereocenters. The van der Waals surface area contributed by atoms with E-state index in [-0.39, 0.29) is 11.6 Å². The summed E-state index contributed by atoms with van der Waals surface area (Å²) in [5.41, 5.74) is 7.09.